The number of amides is 3. The van der Waals surface area contributed by atoms with Crippen molar-refractivity contribution in [3.63, 3.8) is 0 Å². The van der Waals surface area contributed by atoms with E-state index in [1.54, 1.807) is 12.3 Å². The van der Waals surface area contributed by atoms with Gasteiger partial charge in [0.25, 0.3) is 0 Å². The number of para-hydroxylation sites is 1. The Kier molecular flexibility index (Phi) is 13.9. The average Bonchev–Trinajstić information content (AvgIpc) is 3.55. The Hall–Kier alpha value is -4.02. The lowest BCUT2D eigenvalue weighted by atomic mass is 10.0. The summed E-state index contributed by atoms with van der Waals surface area (Å²) in [6.07, 6.45) is 0.368. The Labute approximate surface area is 316 Å². The number of hydrogen-bond acceptors (Lipinski definition) is 8. The molecule has 286 valence electrons. The lowest BCUT2D eigenvalue weighted by Crippen LogP contribution is -2.57. The van der Waals surface area contributed by atoms with Crippen LogP contribution in [0.4, 0.5) is 13.2 Å². The normalized spacial score (nSPS) is 21.2. The zero-order valence-electron chi connectivity index (χ0n) is 29.5. The van der Waals surface area contributed by atoms with Gasteiger partial charge in [0, 0.05) is 66.2 Å². The molecule has 16 heteroatoms. The topological polar surface area (TPSA) is 162 Å². The molecule has 5 rings (SSSR count). The van der Waals surface area contributed by atoms with Gasteiger partial charge in [0.05, 0.1) is 11.1 Å². The lowest BCUT2D eigenvalue weighted by molar-refractivity contribution is -0.225. The van der Waals surface area contributed by atoms with Crippen molar-refractivity contribution in [2.24, 2.45) is 11.5 Å². The van der Waals surface area contributed by atoms with Crippen molar-refractivity contribution in [1.82, 2.24) is 30.7 Å². The molecule has 3 aromatic rings. The van der Waals surface area contributed by atoms with E-state index in [2.05, 4.69) is 20.9 Å². The van der Waals surface area contributed by atoms with Crippen LogP contribution in [0.5, 0.6) is 0 Å². The average molecular weight is 775 g/mol. The van der Waals surface area contributed by atoms with E-state index >= 15 is 0 Å². The van der Waals surface area contributed by atoms with Gasteiger partial charge in [0.1, 0.15) is 12.1 Å². The van der Waals surface area contributed by atoms with E-state index in [-0.39, 0.29) is 47.3 Å². The molecule has 2 aromatic carbocycles. The summed E-state index contributed by atoms with van der Waals surface area (Å²) >= 11 is 7.78. The van der Waals surface area contributed by atoms with Gasteiger partial charge < -0.3 is 37.3 Å². The van der Waals surface area contributed by atoms with Crippen LogP contribution in [0.3, 0.4) is 0 Å². The molecule has 0 fully saturated rings. The smallest absolute Gasteiger partial charge is 0.361 e. The van der Waals surface area contributed by atoms with E-state index in [1.165, 1.54) is 23.7 Å². The number of hydrogen-bond donors (Lipinski definition) is 6. The number of nitrogens with one attached hydrogen (secondary N) is 4. The zero-order chi connectivity index (χ0) is 38.1. The third kappa shape index (κ3) is 10.1. The number of rotatable bonds is 9. The Bertz CT molecular complexity index is 1830. The number of carbonyl (C=O) groups is 3. The zero-order valence-corrected chi connectivity index (χ0v) is 31.1. The highest BCUT2D eigenvalue weighted by molar-refractivity contribution is 8.03. The molecular weight excluding hydrogens is 729 g/mol. The second kappa shape index (κ2) is 18.3. The number of H-pyrrole nitrogens is 1. The van der Waals surface area contributed by atoms with Crippen molar-refractivity contribution in [2.45, 2.75) is 74.4 Å². The van der Waals surface area contributed by atoms with Gasteiger partial charge in [-0.3, -0.25) is 19.3 Å². The van der Waals surface area contributed by atoms with Crippen LogP contribution in [-0.4, -0.2) is 90.2 Å². The minimum absolute atomic E-state index is 0.0889. The minimum atomic E-state index is -4.72. The second-order valence-corrected chi connectivity index (χ2v) is 14.6. The van der Waals surface area contributed by atoms with Crippen molar-refractivity contribution in [1.29, 1.82) is 0 Å². The molecule has 2 aliphatic heterocycles. The molecule has 0 bridgehead atoms. The first kappa shape index (κ1) is 40.2. The standard InChI is InChI=1S/C37H46ClF3N8O3S/c1-48-31(17-24-19-44-28-11-4-3-10-26(24)28)35(51)46-20-25-21-49(37(39,40)41)22-27(38)33(25)53-32-14-5-2-9-23(32)18-45-29(13-8-16-43)34(50)47-30(36(48)52)12-6-7-15-42/h2-5,9-11,14,19,22,29-31,44-45H,6-8,12-13,15-18,20-21,42-43H2,1H3,(H,46,51)(H,47,50). The summed E-state index contributed by atoms with van der Waals surface area (Å²) in [4.78, 5) is 48.4. The first-order chi connectivity index (χ1) is 25.4. The van der Waals surface area contributed by atoms with E-state index in [0.717, 1.165) is 28.2 Å². The molecule has 3 amide bonds. The van der Waals surface area contributed by atoms with Crippen LogP contribution in [0.15, 0.2) is 81.3 Å². The number of alkyl halides is 3. The third-order valence-electron chi connectivity index (χ3n) is 9.47. The highest BCUT2D eigenvalue weighted by Crippen LogP contribution is 2.42. The summed E-state index contributed by atoms with van der Waals surface area (Å²) in [5.74, 6) is -1.45. The number of benzene rings is 2. The fraction of sp³-hybridized carbons (Fsp3) is 0.432. The Morgan fingerprint density at radius 3 is 2.40 bits per heavy atom. The Morgan fingerprint density at radius 2 is 1.64 bits per heavy atom. The van der Waals surface area contributed by atoms with Crippen LogP contribution < -0.4 is 27.4 Å². The third-order valence-corrected chi connectivity index (χ3v) is 11.2. The summed E-state index contributed by atoms with van der Waals surface area (Å²) < 4.78 is 42.2. The summed E-state index contributed by atoms with van der Waals surface area (Å²) in [5.41, 5.74) is 14.2. The van der Waals surface area contributed by atoms with Crippen molar-refractivity contribution >= 4 is 52.0 Å². The van der Waals surface area contributed by atoms with Crippen molar-refractivity contribution in [2.75, 3.05) is 33.2 Å². The molecule has 0 radical (unpaired) electrons. The molecule has 3 atom stereocenters. The number of thioether (sulfide) groups is 1. The molecule has 0 saturated heterocycles. The highest BCUT2D eigenvalue weighted by atomic mass is 35.5. The van der Waals surface area contributed by atoms with Gasteiger partial charge in [-0.25, -0.2) is 0 Å². The summed E-state index contributed by atoms with van der Waals surface area (Å²) in [5, 5.41) is 9.85. The minimum Gasteiger partial charge on any atom is -0.361 e. The highest BCUT2D eigenvalue weighted by Gasteiger charge is 2.39. The van der Waals surface area contributed by atoms with Gasteiger partial charge in [0.15, 0.2) is 0 Å². The van der Waals surface area contributed by atoms with E-state index in [0.29, 0.717) is 48.6 Å². The first-order valence-corrected chi connectivity index (χ1v) is 18.8. The van der Waals surface area contributed by atoms with Crippen molar-refractivity contribution < 1.29 is 27.6 Å². The maximum Gasteiger partial charge on any atom is 0.484 e. The van der Waals surface area contributed by atoms with Crippen molar-refractivity contribution in [3.8, 4) is 0 Å². The molecule has 2 aliphatic rings. The maximum atomic E-state index is 14.4. The van der Waals surface area contributed by atoms with Crippen LogP contribution >= 0.6 is 23.4 Å². The van der Waals surface area contributed by atoms with Gasteiger partial charge >= 0.3 is 6.30 Å². The summed E-state index contributed by atoms with van der Waals surface area (Å²) in [7, 11) is 1.50. The van der Waals surface area contributed by atoms with Crippen LogP contribution in [-0.2, 0) is 27.3 Å². The molecule has 0 aliphatic carbocycles. The maximum absolute atomic E-state index is 14.4. The largest absolute Gasteiger partial charge is 0.484 e. The van der Waals surface area contributed by atoms with E-state index in [9.17, 15) is 27.6 Å². The number of halogens is 4. The van der Waals surface area contributed by atoms with Crippen LogP contribution in [0.2, 0.25) is 0 Å². The summed E-state index contributed by atoms with van der Waals surface area (Å²) in [6.45, 7) is 0.160. The fourth-order valence-electron chi connectivity index (χ4n) is 6.50. The Morgan fingerprint density at radius 1 is 0.925 bits per heavy atom. The second-order valence-electron chi connectivity index (χ2n) is 13.2. The number of likely N-dealkylation sites (N-methyl/N-ethyl adjacent to an activating group) is 1. The summed E-state index contributed by atoms with van der Waals surface area (Å²) in [6, 6.07) is 12.1. The predicted octanol–water partition coefficient (Wildman–Crippen LogP) is 4.44. The molecule has 0 spiro atoms. The number of allylic oxidation sites excluding steroid dienone is 1. The van der Waals surface area contributed by atoms with Gasteiger partial charge in [-0.2, -0.15) is 13.2 Å². The number of unbranched alkanes of at least 4 members (excludes halogenated alkanes) is 1. The first-order valence-electron chi connectivity index (χ1n) is 17.6. The SMILES string of the molecule is CN1C(=O)C(CCCCN)NC(=O)C(CCCN)NCc2ccccc2SC2=C(CNC(=O)C1Cc1c[nH]c3ccccc13)CN(C(F)(F)F)C=C2Cl. The van der Waals surface area contributed by atoms with Gasteiger partial charge in [-0.15, -0.1) is 0 Å². The van der Waals surface area contributed by atoms with E-state index in [1.807, 2.05) is 42.5 Å². The molecule has 0 saturated carbocycles. The molecule has 53 heavy (non-hydrogen) atoms. The van der Waals surface area contributed by atoms with E-state index in [4.69, 9.17) is 23.1 Å². The van der Waals surface area contributed by atoms with Crippen LogP contribution in [0.1, 0.15) is 43.2 Å². The van der Waals surface area contributed by atoms with Gasteiger partial charge in [-0.05, 0) is 74.0 Å². The van der Waals surface area contributed by atoms with Crippen LogP contribution in [0, 0.1) is 0 Å². The van der Waals surface area contributed by atoms with E-state index < -0.39 is 42.8 Å². The number of aromatic nitrogens is 1. The van der Waals surface area contributed by atoms with Crippen LogP contribution in [0.25, 0.3) is 10.9 Å². The molecule has 3 unspecified atom stereocenters. The molecule has 3 heterocycles. The number of fused-ring (bicyclic) bond motifs is 2. The lowest BCUT2D eigenvalue weighted by Gasteiger charge is -2.33. The molecule has 1 aromatic heterocycles. The number of nitrogens with two attached hydrogens (primary N) is 2. The van der Waals surface area contributed by atoms with Crippen molar-refractivity contribution in [3.05, 3.63) is 87.6 Å². The fourth-order valence-corrected chi connectivity index (χ4v) is 7.93. The Balaban J connectivity index is 1.59. The van der Waals surface area contributed by atoms with Gasteiger partial charge in [-0.1, -0.05) is 59.8 Å². The number of carbonyl (C=O) groups excluding carboxylic acids is 3. The van der Waals surface area contributed by atoms with Gasteiger partial charge in [0.2, 0.25) is 17.7 Å². The quantitative estimate of drug-likeness (QED) is 0.138. The molecule has 11 nitrogen and oxygen atoms in total. The molecule has 8 N–H and O–H groups in total. The molecular formula is C37H46ClF3N8O3S. The number of aromatic amines is 1. The number of nitrogens with zero attached hydrogens (tertiary/aromatic N) is 2. The predicted molar refractivity (Wildman–Crippen MR) is 201 cm³/mol. The monoisotopic (exact) mass is 774 g/mol.